The van der Waals surface area contributed by atoms with Crippen molar-refractivity contribution in [3.8, 4) is 17.6 Å². The first-order valence-electron chi connectivity index (χ1n) is 7.48. The van der Waals surface area contributed by atoms with E-state index in [2.05, 4.69) is 28.6 Å². The molecule has 0 unspecified atom stereocenters. The van der Waals surface area contributed by atoms with Crippen molar-refractivity contribution in [2.45, 2.75) is 0 Å². The number of nitriles is 1. The fourth-order valence-electron chi connectivity index (χ4n) is 2.21. The second-order valence-electron chi connectivity index (χ2n) is 5.10. The van der Waals surface area contributed by atoms with Gasteiger partial charge in [-0.25, -0.2) is 0 Å². The van der Waals surface area contributed by atoms with E-state index in [1.54, 1.807) is 36.4 Å². The molecule has 0 spiro atoms. The van der Waals surface area contributed by atoms with E-state index in [4.69, 9.17) is 9.47 Å². The van der Waals surface area contributed by atoms with E-state index in [-0.39, 0.29) is 11.3 Å². The summed E-state index contributed by atoms with van der Waals surface area (Å²) in [5.41, 5.74) is 1.35. The molecule has 0 aliphatic rings. The largest absolute Gasteiger partial charge is 0.493 e. The van der Waals surface area contributed by atoms with Gasteiger partial charge in [-0.05, 0) is 29.3 Å². The number of benzene rings is 2. The van der Waals surface area contributed by atoms with Crippen LogP contribution in [0.3, 0.4) is 0 Å². The minimum Gasteiger partial charge on any atom is -0.493 e. The zero-order valence-corrected chi connectivity index (χ0v) is 15.5. The Hall–Kier alpha value is -3.11. The Labute approximate surface area is 159 Å². The van der Waals surface area contributed by atoms with E-state index in [0.29, 0.717) is 33.7 Å². The highest BCUT2D eigenvalue weighted by Crippen LogP contribution is 2.35. The summed E-state index contributed by atoms with van der Waals surface area (Å²) in [6.45, 7) is 3.93. The number of non-ortho nitro benzene ring substituents is 1. The molecule has 0 aromatic heterocycles. The number of hydrogen-bond donors (Lipinski definition) is 0. The van der Waals surface area contributed by atoms with Gasteiger partial charge in [0.2, 0.25) is 0 Å². The molecule has 6 nitrogen and oxygen atoms in total. The highest BCUT2D eigenvalue weighted by Gasteiger charge is 2.12. The van der Waals surface area contributed by atoms with Crippen molar-refractivity contribution < 1.29 is 14.4 Å². The molecule has 0 aliphatic heterocycles. The van der Waals surface area contributed by atoms with Crippen molar-refractivity contribution in [3.05, 3.63) is 74.8 Å². The minimum atomic E-state index is -0.497. The molecule has 0 atom stereocenters. The third-order valence-electron chi connectivity index (χ3n) is 3.43. The van der Waals surface area contributed by atoms with Crippen LogP contribution in [0.5, 0.6) is 11.5 Å². The summed E-state index contributed by atoms with van der Waals surface area (Å²) in [4.78, 5) is 10.4. The topological polar surface area (TPSA) is 85.4 Å². The lowest BCUT2D eigenvalue weighted by molar-refractivity contribution is -0.384. The summed E-state index contributed by atoms with van der Waals surface area (Å²) < 4.78 is 11.6. The van der Waals surface area contributed by atoms with Crippen LogP contribution in [0.4, 0.5) is 5.69 Å². The maximum Gasteiger partial charge on any atom is 0.270 e. The standard InChI is InChI=1S/C19H15BrN2O4/c1-3-7-26-19-11-17(20)14(10-18(19)25-2)8-15(12-21)13-5-4-6-16(9-13)22(23)24/h3-6,8-11H,1,7H2,2H3/b15-8-. The molecule has 0 amide bonds. The Morgan fingerprint density at radius 3 is 2.77 bits per heavy atom. The monoisotopic (exact) mass is 414 g/mol. The lowest BCUT2D eigenvalue weighted by atomic mass is 10.0. The Balaban J connectivity index is 2.49. The summed E-state index contributed by atoms with van der Waals surface area (Å²) in [7, 11) is 1.52. The van der Waals surface area contributed by atoms with Gasteiger partial charge in [0.15, 0.2) is 11.5 Å². The van der Waals surface area contributed by atoms with Crippen molar-refractivity contribution in [3.63, 3.8) is 0 Å². The summed E-state index contributed by atoms with van der Waals surface area (Å²) in [6, 6.07) is 11.5. The van der Waals surface area contributed by atoms with Gasteiger partial charge in [0, 0.05) is 16.6 Å². The van der Waals surface area contributed by atoms with Crippen molar-refractivity contribution in [2.24, 2.45) is 0 Å². The molecule has 0 radical (unpaired) electrons. The number of rotatable bonds is 7. The summed E-state index contributed by atoms with van der Waals surface area (Å²) in [5, 5.41) is 20.4. The van der Waals surface area contributed by atoms with E-state index in [1.807, 2.05) is 0 Å². The van der Waals surface area contributed by atoms with Crippen LogP contribution in [0.15, 0.2) is 53.5 Å². The van der Waals surface area contributed by atoms with Crippen LogP contribution in [-0.4, -0.2) is 18.6 Å². The van der Waals surface area contributed by atoms with Gasteiger partial charge in [-0.2, -0.15) is 5.26 Å². The molecule has 0 fully saturated rings. The first kappa shape index (κ1) is 19.2. The number of nitrogens with zero attached hydrogens (tertiary/aromatic N) is 2. The fraction of sp³-hybridized carbons (Fsp3) is 0.105. The lowest BCUT2D eigenvalue weighted by Gasteiger charge is -2.12. The quantitative estimate of drug-likeness (QED) is 0.209. The van der Waals surface area contributed by atoms with Gasteiger partial charge in [-0.15, -0.1) is 0 Å². The Morgan fingerprint density at radius 1 is 1.38 bits per heavy atom. The molecule has 7 heteroatoms. The van der Waals surface area contributed by atoms with Crippen LogP contribution in [0.1, 0.15) is 11.1 Å². The molecule has 0 N–H and O–H groups in total. The number of halogens is 1. The summed E-state index contributed by atoms with van der Waals surface area (Å²) in [6.07, 6.45) is 3.25. The van der Waals surface area contributed by atoms with Crippen LogP contribution < -0.4 is 9.47 Å². The van der Waals surface area contributed by atoms with Crippen molar-refractivity contribution in [1.29, 1.82) is 5.26 Å². The highest BCUT2D eigenvalue weighted by atomic mass is 79.9. The van der Waals surface area contributed by atoms with Gasteiger partial charge in [0.25, 0.3) is 5.69 Å². The van der Waals surface area contributed by atoms with E-state index in [1.165, 1.54) is 19.2 Å². The number of allylic oxidation sites excluding steroid dienone is 1. The predicted octanol–water partition coefficient (Wildman–Crippen LogP) is 4.99. The predicted molar refractivity (Wildman–Crippen MR) is 103 cm³/mol. The highest BCUT2D eigenvalue weighted by molar-refractivity contribution is 9.10. The molecular formula is C19H15BrN2O4. The molecule has 0 aliphatic carbocycles. The smallest absolute Gasteiger partial charge is 0.270 e. The first-order chi connectivity index (χ1) is 12.5. The van der Waals surface area contributed by atoms with E-state index >= 15 is 0 Å². The first-order valence-corrected chi connectivity index (χ1v) is 8.27. The molecule has 2 rings (SSSR count). The Kier molecular flexibility index (Phi) is 6.53. The van der Waals surface area contributed by atoms with Gasteiger partial charge in [-0.3, -0.25) is 10.1 Å². The molecule has 0 heterocycles. The molecule has 2 aromatic rings. The van der Waals surface area contributed by atoms with Gasteiger partial charge in [-0.1, -0.05) is 40.7 Å². The molecule has 0 saturated carbocycles. The SMILES string of the molecule is C=CCOc1cc(Br)c(/C=C(/C#N)c2cccc([N+](=O)[O-])c2)cc1OC. The molecule has 132 valence electrons. The molecule has 26 heavy (non-hydrogen) atoms. The van der Waals surface area contributed by atoms with Gasteiger partial charge < -0.3 is 9.47 Å². The number of nitro benzene ring substituents is 1. The fourth-order valence-corrected chi connectivity index (χ4v) is 2.64. The lowest BCUT2D eigenvalue weighted by Crippen LogP contribution is -1.97. The second kappa shape index (κ2) is 8.83. The van der Waals surface area contributed by atoms with Crippen molar-refractivity contribution >= 4 is 33.3 Å². The molecule has 0 saturated heterocycles. The van der Waals surface area contributed by atoms with Crippen LogP contribution in [0, 0.1) is 21.4 Å². The number of ether oxygens (including phenoxy) is 2. The second-order valence-corrected chi connectivity index (χ2v) is 5.96. The van der Waals surface area contributed by atoms with Gasteiger partial charge in [0.05, 0.1) is 23.7 Å². The zero-order chi connectivity index (χ0) is 19.1. The molecule has 2 aromatic carbocycles. The van der Waals surface area contributed by atoms with Crippen molar-refractivity contribution in [2.75, 3.05) is 13.7 Å². The third-order valence-corrected chi connectivity index (χ3v) is 4.11. The average Bonchev–Trinajstić information content (AvgIpc) is 2.65. The van der Waals surface area contributed by atoms with Gasteiger partial charge in [0.1, 0.15) is 6.61 Å². The number of hydrogen-bond acceptors (Lipinski definition) is 5. The number of nitro groups is 1. The summed E-state index contributed by atoms with van der Waals surface area (Å²) >= 11 is 3.45. The Bertz CT molecular complexity index is 916. The van der Waals surface area contributed by atoms with Crippen LogP contribution in [-0.2, 0) is 0 Å². The third kappa shape index (κ3) is 4.49. The zero-order valence-electron chi connectivity index (χ0n) is 13.9. The van der Waals surface area contributed by atoms with E-state index in [9.17, 15) is 15.4 Å². The van der Waals surface area contributed by atoms with Crippen LogP contribution in [0.25, 0.3) is 11.6 Å². The minimum absolute atomic E-state index is 0.0755. The van der Waals surface area contributed by atoms with Crippen molar-refractivity contribution in [1.82, 2.24) is 0 Å². The number of methoxy groups -OCH3 is 1. The average molecular weight is 415 g/mol. The van der Waals surface area contributed by atoms with Gasteiger partial charge >= 0.3 is 0 Å². The molecule has 0 bridgehead atoms. The van der Waals surface area contributed by atoms with Crippen LogP contribution >= 0.6 is 15.9 Å². The summed E-state index contributed by atoms with van der Waals surface area (Å²) in [5.74, 6) is 1.03. The normalized spacial score (nSPS) is 10.7. The molecular weight excluding hydrogens is 400 g/mol. The van der Waals surface area contributed by atoms with E-state index < -0.39 is 4.92 Å². The Morgan fingerprint density at radius 2 is 2.15 bits per heavy atom. The maximum atomic E-state index is 10.9. The maximum absolute atomic E-state index is 10.9. The van der Waals surface area contributed by atoms with E-state index in [0.717, 1.165) is 0 Å². The van der Waals surface area contributed by atoms with Crippen LogP contribution in [0.2, 0.25) is 0 Å².